The number of hydrogen-bond donors (Lipinski definition) is 0. The molecule has 4 rings (SSSR count). The van der Waals surface area contributed by atoms with Gasteiger partial charge in [-0.2, -0.15) is 0 Å². The highest BCUT2D eigenvalue weighted by molar-refractivity contribution is 7.98. The predicted octanol–water partition coefficient (Wildman–Crippen LogP) is 4.43. The zero-order valence-electron chi connectivity index (χ0n) is 15.6. The Morgan fingerprint density at radius 2 is 2.18 bits per heavy atom. The van der Waals surface area contributed by atoms with Gasteiger partial charge in [0.1, 0.15) is 0 Å². The Labute approximate surface area is 174 Å². The van der Waals surface area contributed by atoms with E-state index < -0.39 is 0 Å². The van der Waals surface area contributed by atoms with Gasteiger partial charge in [0.2, 0.25) is 0 Å². The standard InChI is InChI=1S/C19H19N5OS3/c1-4-6-24-17(15-11-27-12(3)14(15)5-2)21-22-19(24)28-10-13-9-16(25)23-7-8-26-18(23)20-13/h4,7-9,11H,1,5-6,10H2,2-3H3. The highest BCUT2D eigenvalue weighted by Crippen LogP contribution is 2.33. The summed E-state index contributed by atoms with van der Waals surface area (Å²) in [5.74, 6) is 1.42. The van der Waals surface area contributed by atoms with Crippen molar-refractivity contribution in [1.82, 2.24) is 24.1 Å². The summed E-state index contributed by atoms with van der Waals surface area (Å²) >= 11 is 4.73. The van der Waals surface area contributed by atoms with E-state index in [-0.39, 0.29) is 5.56 Å². The van der Waals surface area contributed by atoms with E-state index in [9.17, 15) is 4.79 Å². The molecule has 4 heterocycles. The van der Waals surface area contributed by atoms with Gasteiger partial charge in [0.25, 0.3) is 5.56 Å². The van der Waals surface area contributed by atoms with Crippen LogP contribution >= 0.6 is 34.4 Å². The second-order valence-electron chi connectivity index (χ2n) is 6.17. The molecule has 0 saturated heterocycles. The molecule has 4 aromatic heterocycles. The van der Waals surface area contributed by atoms with Gasteiger partial charge >= 0.3 is 0 Å². The van der Waals surface area contributed by atoms with E-state index in [0.29, 0.717) is 17.3 Å². The number of aromatic nitrogens is 5. The minimum Gasteiger partial charge on any atom is -0.298 e. The van der Waals surface area contributed by atoms with Gasteiger partial charge in [0.05, 0.1) is 5.69 Å². The van der Waals surface area contributed by atoms with Crippen molar-refractivity contribution < 1.29 is 0 Å². The Balaban J connectivity index is 1.65. The molecular formula is C19H19N5OS3. The minimum atomic E-state index is -0.0589. The van der Waals surface area contributed by atoms with Crippen LogP contribution in [0.2, 0.25) is 0 Å². The van der Waals surface area contributed by atoms with Crippen LogP contribution in [0.5, 0.6) is 0 Å². The van der Waals surface area contributed by atoms with E-state index in [0.717, 1.165) is 28.7 Å². The number of nitrogens with zero attached hydrogens (tertiary/aromatic N) is 5. The normalized spacial score (nSPS) is 11.4. The highest BCUT2D eigenvalue weighted by atomic mass is 32.2. The molecule has 0 atom stereocenters. The SMILES string of the molecule is C=CCn1c(SCc2cc(=O)n3ccsc3n2)nnc1-c1csc(C)c1CC. The fraction of sp³-hybridized carbons (Fsp3) is 0.263. The first-order valence-corrected chi connectivity index (χ1v) is 11.6. The predicted molar refractivity (Wildman–Crippen MR) is 117 cm³/mol. The third-order valence-corrected chi connectivity index (χ3v) is 7.14. The van der Waals surface area contributed by atoms with Crippen LogP contribution in [-0.2, 0) is 18.7 Å². The lowest BCUT2D eigenvalue weighted by Gasteiger charge is -2.08. The molecule has 0 unspecified atom stereocenters. The monoisotopic (exact) mass is 429 g/mol. The molecule has 0 radical (unpaired) electrons. The molecule has 0 saturated carbocycles. The Kier molecular flexibility index (Phi) is 5.47. The van der Waals surface area contributed by atoms with Crippen LogP contribution in [0.15, 0.2) is 45.6 Å². The summed E-state index contributed by atoms with van der Waals surface area (Å²) in [6, 6.07) is 1.58. The van der Waals surface area contributed by atoms with Crippen molar-refractivity contribution in [3.8, 4) is 11.4 Å². The highest BCUT2D eigenvalue weighted by Gasteiger charge is 2.18. The summed E-state index contributed by atoms with van der Waals surface area (Å²) in [7, 11) is 0. The van der Waals surface area contributed by atoms with E-state index >= 15 is 0 Å². The van der Waals surface area contributed by atoms with Crippen molar-refractivity contribution >= 4 is 39.4 Å². The van der Waals surface area contributed by atoms with Gasteiger partial charge in [-0.15, -0.1) is 39.4 Å². The van der Waals surface area contributed by atoms with E-state index in [1.807, 2.05) is 11.5 Å². The van der Waals surface area contributed by atoms with Gasteiger partial charge in [-0.1, -0.05) is 24.8 Å². The maximum atomic E-state index is 12.2. The minimum absolute atomic E-state index is 0.0589. The average molecular weight is 430 g/mol. The lowest BCUT2D eigenvalue weighted by Crippen LogP contribution is -2.12. The van der Waals surface area contributed by atoms with E-state index in [4.69, 9.17) is 0 Å². The van der Waals surface area contributed by atoms with E-state index in [2.05, 4.69) is 45.6 Å². The van der Waals surface area contributed by atoms with E-state index in [1.54, 1.807) is 28.0 Å². The molecule has 0 bridgehead atoms. The van der Waals surface area contributed by atoms with Crippen LogP contribution in [0.25, 0.3) is 16.3 Å². The zero-order chi connectivity index (χ0) is 19.7. The van der Waals surface area contributed by atoms with Gasteiger partial charge < -0.3 is 0 Å². The first-order chi connectivity index (χ1) is 13.6. The smallest absolute Gasteiger partial charge is 0.258 e. The van der Waals surface area contributed by atoms with Gasteiger partial charge in [0, 0.05) is 45.8 Å². The molecule has 0 spiro atoms. The second kappa shape index (κ2) is 8.02. The second-order valence-corrected chi connectivity index (χ2v) is 9.07. The molecule has 28 heavy (non-hydrogen) atoms. The Bertz CT molecular complexity index is 1200. The molecule has 0 fully saturated rings. The van der Waals surface area contributed by atoms with Crippen LogP contribution in [0.1, 0.15) is 23.1 Å². The summed E-state index contributed by atoms with van der Waals surface area (Å²) < 4.78 is 3.64. The van der Waals surface area contributed by atoms with Crippen molar-refractivity contribution in [2.75, 3.05) is 0 Å². The Morgan fingerprint density at radius 3 is 2.96 bits per heavy atom. The van der Waals surface area contributed by atoms with Crippen molar-refractivity contribution in [2.24, 2.45) is 0 Å². The lowest BCUT2D eigenvalue weighted by molar-refractivity contribution is 0.730. The van der Waals surface area contributed by atoms with Gasteiger partial charge in [-0.25, -0.2) is 4.98 Å². The fourth-order valence-electron chi connectivity index (χ4n) is 3.09. The van der Waals surface area contributed by atoms with Crippen molar-refractivity contribution in [3.05, 3.63) is 62.2 Å². The summed E-state index contributed by atoms with van der Waals surface area (Å²) in [4.78, 5) is 18.8. The number of allylic oxidation sites excluding steroid dienone is 1. The van der Waals surface area contributed by atoms with Crippen LogP contribution in [-0.4, -0.2) is 24.1 Å². The maximum absolute atomic E-state index is 12.2. The molecule has 0 amide bonds. The molecule has 0 aliphatic carbocycles. The number of fused-ring (bicyclic) bond motifs is 1. The number of thiophene rings is 1. The molecule has 0 aromatic carbocycles. The quantitative estimate of drug-likeness (QED) is 0.321. The van der Waals surface area contributed by atoms with Crippen LogP contribution in [0.3, 0.4) is 0 Å². The lowest BCUT2D eigenvalue weighted by atomic mass is 10.1. The summed E-state index contributed by atoms with van der Waals surface area (Å²) in [5.41, 5.74) is 3.14. The van der Waals surface area contributed by atoms with Crippen LogP contribution in [0, 0.1) is 6.92 Å². The molecule has 9 heteroatoms. The molecule has 0 aliphatic rings. The number of rotatable bonds is 7. The van der Waals surface area contributed by atoms with Crippen LogP contribution < -0.4 is 5.56 Å². The molecule has 4 aromatic rings. The summed E-state index contributed by atoms with van der Waals surface area (Å²) in [6.45, 7) is 8.81. The summed E-state index contributed by atoms with van der Waals surface area (Å²) in [6.07, 6.45) is 4.56. The molecule has 0 N–H and O–H groups in total. The Hall–Kier alpha value is -2.23. The number of thioether (sulfide) groups is 1. The average Bonchev–Trinajstić information content (AvgIpc) is 3.39. The van der Waals surface area contributed by atoms with Crippen molar-refractivity contribution in [2.45, 2.75) is 37.7 Å². The number of aryl methyl sites for hydroxylation is 1. The van der Waals surface area contributed by atoms with Crippen molar-refractivity contribution in [3.63, 3.8) is 0 Å². The summed E-state index contributed by atoms with van der Waals surface area (Å²) in [5, 5.41) is 13.7. The van der Waals surface area contributed by atoms with E-state index in [1.165, 1.54) is 33.5 Å². The fourth-order valence-corrected chi connectivity index (χ4v) is 5.61. The Morgan fingerprint density at radius 1 is 1.32 bits per heavy atom. The van der Waals surface area contributed by atoms with Crippen LogP contribution in [0.4, 0.5) is 0 Å². The van der Waals surface area contributed by atoms with Gasteiger partial charge in [0.15, 0.2) is 15.9 Å². The first-order valence-electron chi connectivity index (χ1n) is 8.82. The molecule has 144 valence electrons. The molecular weight excluding hydrogens is 410 g/mol. The van der Waals surface area contributed by atoms with Gasteiger partial charge in [-0.05, 0) is 18.9 Å². The first kappa shape index (κ1) is 19.1. The molecule has 6 nitrogen and oxygen atoms in total. The molecule has 0 aliphatic heterocycles. The third kappa shape index (κ3) is 3.45. The number of thiazole rings is 1. The van der Waals surface area contributed by atoms with Crippen molar-refractivity contribution in [1.29, 1.82) is 0 Å². The number of hydrogen-bond acceptors (Lipinski definition) is 7. The largest absolute Gasteiger partial charge is 0.298 e. The third-order valence-electron chi connectivity index (χ3n) is 4.43. The van der Waals surface area contributed by atoms with Gasteiger partial charge in [-0.3, -0.25) is 13.8 Å². The zero-order valence-corrected chi connectivity index (χ0v) is 18.0. The topological polar surface area (TPSA) is 65.1 Å². The maximum Gasteiger partial charge on any atom is 0.258 e.